The number of hydrogen-bond donors (Lipinski definition) is 1. The van der Waals surface area contributed by atoms with Gasteiger partial charge < -0.3 is 19.8 Å². The largest absolute Gasteiger partial charge is 0.392 e. The molecule has 2 aliphatic heterocycles. The minimum Gasteiger partial charge on any atom is -0.392 e. The van der Waals surface area contributed by atoms with E-state index in [-0.39, 0.29) is 6.61 Å². The predicted octanol–water partition coefficient (Wildman–Crippen LogP) is 1.60. The molecule has 26 heavy (non-hydrogen) atoms. The van der Waals surface area contributed by atoms with Gasteiger partial charge in [0, 0.05) is 39.1 Å². The summed E-state index contributed by atoms with van der Waals surface area (Å²) in [5.41, 5.74) is 2.26. The highest BCUT2D eigenvalue weighted by Crippen LogP contribution is 2.22. The van der Waals surface area contributed by atoms with Crippen molar-refractivity contribution in [1.82, 2.24) is 14.7 Å². The van der Waals surface area contributed by atoms with Gasteiger partial charge in [-0.2, -0.15) is 0 Å². The van der Waals surface area contributed by atoms with Crippen LogP contribution in [0.25, 0.3) is 0 Å². The maximum Gasteiger partial charge on any atom is 0.223 e. The minimum absolute atomic E-state index is 0.0965. The van der Waals surface area contributed by atoms with Crippen molar-refractivity contribution >= 4 is 5.91 Å². The van der Waals surface area contributed by atoms with Gasteiger partial charge in [0.05, 0.1) is 6.61 Å². The SMILES string of the molecule is CN1CCCN(CCC(=O)N2CC[C@@H](Cc3ccc(CO)cc3)C2)CC1. The van der Waals surface area contributed by atoms with Crippen LogP contribution in [-0.2, 0) is 17.8 Å². The van der Waals surface area contributed by atoms with Crippen LogP contribution >= 0.6 is 0 Å². The highest BCUT2D eigenvalue weighted by molar-refractivity contribution is 5.76. The normalized spacial score (nSPS) is 22.5. The number of nitrogens with zero attached hydrogens (tertiary/aromatic N) is 3. The van der Waals surface area contributed by atoms with Crippen LogP contribution in [0.4, 0.5) is 0 Å². The zero-order valence-corrected chi connectivity index (χ0v) is 16.1. The summed E-state index contributed by atoms with van der Waals surface area (Å²) < 4.78 is 0. The van der Waals surface area contributed by atoms with Gasteiger partial charge in [0.15, 0.2) is 0 Å². The van der Waals surface area contributed by atoms with Gasteiger partial charge in [-0.15, -0.1) is 0 Å². The number of likely N-dealkylation sites (N-methyl/N-ethyl adjacent to an activating group) is 1. The Labute approximate surface area is 157 Å². The summed E-state index contributed by atoms with van der Waals surface area (Å²) >= 11 is 0. The van der Waals surface area contributed by atoms with Crippen molar-refractivity contribution in [3.63, 3.8) is 0 Å². The van der Waals surface area contributed by atoms with Crippen LogP contribution < -0.4 is 0 Å². The minimum atomic E-state index is 0.0965. The predicted molar refractivity (Wildman–Crippen MR) is 104 cm³/mol. The lowest BCUT2D eigenvalue weighted by molar-refractivity contribution is -0.130. The van der Waals surface area contributed by atoms with Gasteiger partial charge in [-0.05, 0) is 56.4 Å². The molecule has 1 aromatic rings. The number of likely N-dealkylation sites (tertiary alicyclic amines) is 1. The Bertz CT molecular complexity index is 575. The first-order chi connectivity index (χ1) is 12.6. The Morgan fingerprint density at radius 3 is 2.62 bits per heavy atom. The highest BCUT2D eigenvalue weighted by atomic mass is 16.3. The molecule has 0 unspecified atom stereocenters. The molecule has 0 radical (unpaired) electrons. The Hall–Kier alpha value is -1.43. The van der Waals surface area contributed by atoms with Crippen LogP contribution in [0.3, 0.4) is 0 Å². The molecule has 0 aliphatic carbocycles. The second kappa shape index (κ2) is 9.49. The smallest absolute Gasteiger partial charge is 0.223 e. The summed E-state index contributed by atoms with van der Waals surface area (Å²) in [5, 5.41) is 9.13. The molecule has 1 amide bonds. The van der Waals surface area contributed by atoms with Crippen LogP contribution in [0.2, 0.25) is 0 Å². The monoisotopic (exact) mass is 359 g/mol. The van der Waals surface area contributed by atoms with Crippen molar-refractivity contribution in [1.29, 1.82) is 0 Å². The van der Waals surface area contributed by atoms with E-state index >= 15 is 0 Å². The number of aliphatic hydroxyl groups is 1. The maximum atomic E-state index is 12.6. The van der Waals surface area contributed by atoms with Crippen LogP contribution in [0.5, 0.6) is 0 Å². The second-order valence-electron chi connectivity index (χ2n) is 7.92. The summed E-state index contributed by atoms with van der Waals surface area (Å²) in [6.45, 7) is 7.26. The third-order valence-corrected chi connectivity index (χ3v) is 5.82. The number of carbonyl (C=O) groups is 1. The van der Waals surface area contributed by atoms with E-state index < -0.39 is 0 Å². The topological polar surface area (TPSA) is 47.0 Å². The van der Waals surface area contributed by atoms with Crippen LogP contribution in [0, 0.1) is 5.92 Å². The van der Waals surface area contributed by atoms with E-state index in [2.05, 4.69) is 33.9 Å². The van der Waals surface area contributed by atoms with E-state index in [0.717, 1.165) is 64.2 Å². The molecule has 1 atom stereocenters. The van der Waals surface area contributed by atoms with E-state index in [0.29, 0.717) is 18.2 Å². The third-order valence-electron chi connectivity index (χ3n) is 5.82. The summed E-state index contributed by atoms with van der Waals surface area (Å²) in [4.78, 5) is 19.5. The number of hydrogen-bond acceptors (Lipinski definition) is 4. The first-order valence-electron chi connectivity index (χ1n) is 10.0. The molecule has 2 saturated heterocycles. The van der Waals surface area contributed by atoms with Crippen molar-refractivity contribution in [3.8, 4) is 0 Å². The van der Waals surface area contributed by atoms with Gasteiger partial charge in [-0.25, -0.2) is 0 Å². The maximum absolute atomic E-state index is 12.6. The number of carbonyl (C=O) groups excluding carboxylic acids is 1. The summed E-state index contributed by atoms with van der Waals surface area (Å²) in [5.74, 6) is 0.881. The van der Waals surface area contributed by atoms with Crippen LogP contribution in [0.1, 0.15) is 30.4 Å². The molecule has 0 aromatic heterocycles. The lowest BCUT2D eigenvalue weighted by Crippen LogP contribution is -2.35. The van der Waals surface area contributed by atoms with E-state index in [1.165, 1.54) is 12.0 Å². The fraction of sp³-hybridized carbons (Fsp3) is 0.667. The Balaban J connectivity index is 1.40. The second-order valence-corrected chi connectivity index (χ2v) is 7.92. The van der Waals surface area contributed by atoms with Gasteiger partial charge in [0.1, 0.15) is 0 Å². The first kappa shape index (κ1) is 19.3. The Morgan fingerprint density at radius 1 is 1.08 bits per heavy atom. The standard InChI is InChI=1S/C21H33N3O2/c1-22-9-2-10-23(14-13-22)11-8-21(26)24-12-7-20(16-24)15-18-3-5-19(17-25)6-4-18/h3-6,20,25H,2,7-17H2,1H3/t20-/m0/s1. The average molecular weight is 360 g/mol. The van der Waals surface area contributed by atoms with Crippen molar-refractivity contribution in [2.45, 2.75) is 32.3 Å². The van der Waals surface area contributed by atoms with E-state index in [9.17, 15) is 4.79 Å². The number of amides is 1. The molecule has 0 spiro atoms. The van der Waals surface area contributed by atoms with Crippen LogP contribution in [-0.4, -0.2) is 78.6 Å². The molecule has 3 rings (SSSR count). The molecular weight excluding hydrogens is 326 g/mol. The van der Waals surface area contributed by atoms with Crippen molar-refractivity contribution in [3.05, 3.63) is 35.4 Å². The van der Waals surface area contributed by atoms with Crippen molar-refractivity contribution in [2.24, 2.45) is 5.92 Å². The number of aliphatic hydroxyl groups excluding tert-OH is 1. The Morgan fingerprint density at radius 2 is 1.85 bits per heavy atom. The molecule has 5 heteroatoms. The zero-order chi connectivity index (χ0) is 18.4. The fourth-order valence-electron chi connectivity index (χ4n) is 4.08. The van der Waals surface area contributed by atoms with E-state index in [1.807, 2.05) is 12.1 Å². The van der Waals surface area contributed by atoms with Gasteiger partial charge in [-0.3, -0.25) is 4.79 Å². The molecule has 5 nitrogen and oxygen atoms in total. The molecule has 0 saturated carbocycles. The summed E-state index contributed by atoms with van der Waals surface area (Å²) in [6.07, 6.45) is 3.98. The first-order valence-corrected chi connectivity index (χ1v) is 10.0. The molecule has 2 aliphatic rings. The third kappa shape index (κ3) is 5.53. The molecular formula is C21H33N3O2. The lowest BCUT2D eigenvalue weighted by Gasteiger charge is -2.22. The highest BCUT2D eigenvalue weighted by Gasteiger charge is 2.26. The Kier molecular flexibility index (Phi) is 7.06. The van der Waals surface area contributed by atoms with Gasteiger partial charge >= 0.3 is 0 Å². The molecule has 2 heterocycles. The lowest BCUT2D eigenvalue weighted by atomic mass is 9.98. The molecule has 0 bridgehead atoms. The van der Waals surface area contributed by atoms with Gasteiger partial charge in [0.2, 0.25) is 5.91 Å². The van der Waals surface area contributed by atoms with Gasteiger partial charge in [0.25, 0.3) is 0 Å². The summed E-state index contributed by atoms with van der Waals surface area (Å²) in [7, 11) is 2.18. The van der Waals surface area contributed by atoms with E-state index in [4.69, 9.17) is 5.11 Å². The van der Waals surface area contributed by atoms with Crippen LogP contribution in [0.15, 0.2) is 24.3 Å². The number of rotatable bonds is 6. The average Bonchev–Trinajstić information content (AvgIpc) is 3.02. The van der Waals surface area contributed by atoms with Crippen molar-refractivity contribution < 1.29 is 9.90 Å². The number of benzene rings is 1. The molecule has 2 fully saturated rings. The fourth-order valence-corrected chi connectivity index (χ4v) is 4.08. The molecule has 1 N–H and O–H groups in total. The van der Waals surface area contributed by atoms with Gasteiger partial charge in [-0.1, -0.05) is 24.3 Å². The molecule has 1 aromatic carbocycles. The van der Waals surface area contributed by atoms with Crippen molar-refractivity contribution in [2.75, 3.05) is 52.9 Å². The molecule has 144 valence electrons. The van der Waals surface area contributed by atoms with E-state index in [1.54, 1.807) is 0 Å². The summed E-state index contributed by atoms with van der Waals surface area (Å²) in [6, 6.07) is 8.19. The zero-order valence-electron chi connectivity index (χ0n) is 16.1. The quantitative estimate of drug-likeness (QED) is 0.838.